The Bertz CT molecular complexity index is 1040. The molecule has 2 fully saturated rings. The number of hydrogen-bond acceptors (Lipinski definition) is 6. The van der Waals surface area contributed by atoms with Gasteiger partial charge in [0.1, 0.15) is 12.6 Å². The molecule has 2 saturated heterocycles. The number of nitrogens with zero attached hydrogens (tertiary/aromatic N) is 3. The number of amides is 4. The molecule has 2 aromatic rings. The first-order valence-corrected chi connectivity index (χ1v) is 9.36. The van der Waals surface area contributed by atoms with Crippen LogP contribution in [0.1, 0.15) is 32.3 Å². The van der Waals surface area contributed by atoms with Crippen LogP contribution in [0.2, 0.25) is 5.02 Å². The minimum absolute atomic E-state index is 0.121. The zero-order valence-electron chi connectivity index (χ0n) is 14.9. The van der Waals surface area contributed by atoms with E-state index in [2.05, 4.69) is 0 Å². The fraction of sp³-hybridized carbons (Fsp3) is 0.200. The molecule has 8 nitrogen and oxygen atoms in total. The van der Waals surface area contributed by atoms with E-state index in [4.69, 9.17) is 16.3 Å². The lowest BCUT2D eigenvalue weighted by atomic mass is 10.1. The Hall–Kier alpha value is -3.23. The van der Waals surface area contributed by atoms with E-state index in [0.717, 1.165) is 9.91 Å². The lowest BCUT2D eigenvalue weighted by molar-refractivity contribution is -0.128. The van der Waals surface area contributed by atoms with E-state index < -0.39 is 35.9 Å². The lowest BCUT2D eigenvalue weighted by Crippen LogP contribution is -2.41. The summed E-state index contributed by atoms with van der Waals surface area (Å²) in [5.41, 5.74) is 1.27. The molecule has 0 aromatic heterocycles. The molecule has 0 bridgehead atoms. The van der Waals surface area contributed by atoms with Crippen molar-refractivity contribution >= 4 is 35.4 Å². The molecule has 3 atom stereocenters. The molecule has 0 saturated carbocycles. The second-order valence-corrected chi connectivity index (χ2v) is 7.33. The largest absolute Gasteiger partial charge is 0.447 e. The summed E-state index contributed by atoms with van der Waals surface area (Å²) in [5, 5.41) is 2.93. The molecular formula is C20H14ClN3O5. The zero-order valence-corrected chi connectivity index (χ0v) is 15.7. The average Bonchev–Trinajstić information content (AvgIpc) is 3.20. The maximum atomic E-state index is 13.0. The fourth-order valence-electron chi connectivity index (χ4n) is 3.85. The van der Waals surface area contributed by atoms with Crippen LogP contribution < -0.4 is 0 Å². The first-order chi connectivity index (χ1) is 14.0. The smallest absolute Gasteiger partial charge is 0.416 e. The van der Waals surface area contributed by atoms with Crippen LogP contribution in [0.25, 0.3) is 0 Å². The fourth-order valence-corrected chi connectivity index (χ4v) is 3.98. The number of hydrogen-bond donors (Lipinski definition) is 0. The van der Waals surface area contributed by atoms with E-state index in [0.29, 0.717) is 10.6 Å². The summed E-state index contributed by atoms with van der Waals surface area (Å²) in [7, 11) is 0. The standard InChI is InChI=1S/C20H14ClN3O5/c21-12-7-5-11(6-8-12)15-16(19(27)22-9-10-29-20(22)28)23(15)24-17(25)13-3-1-2-4-14(13)18(24)26/h1-8,15-16H,9-10H2/t15-,16+,23?/m0/s1. The highest BCUT2D eigenvalue weighted by Crippen LogP contribution is 2.48. The van der Waals surface area contributed by atoms with Gasteiger partial charge in [0.25, 0.3) is 17.7 Å². The monoisotopic (exact) mass is 411 g/mol. The van der Waals surface area contributed by atoms with Gasteiger partial charge in [-0.2, -0.15) is 5.01 Å². The quantitative estimate of drug-likeness (QED) is 0.568. The molecule has 0 aliphatic carbocycles. The van der Waals surface area contributed by atoms with E-state index >= 15 is 0 Å². The SMILES string of the molecule is O=C1OCCN1C(=O)[C@H]1[C@H](c2ccc(Cl)cc2)N1N1C(=O)c2ccccc2C1=O. The number of cyclic esters (lactones) is 1. The van der Waals surface area contributed by atoms with E-state index in [1.807, 2.05) is 0 Å². The van der Waals surface area contributed by atoms with E-state index in [1.54, 1.807) is 48.5 Å². The first kappa shape index (κ1) is 17.8. The van der Waals surface area contributed by atoms with Crippen LogP contribution in [-0.2, 0) is 9.53 Å². The molecule has 0 spiro atoms. The summed E-state index contributed by atoms with van der Waals surface area (Å²) < 4.78 is 4.86. The average molecular weight is 412 g/mol. The van der Waals surface area contributed by atoms with E-state index in [-0.39, 0.29) is 24.3 Å². The molecule has 5 rings (SSSR count). The number of carbonyl (C=O) groups excluding carboxylic acids is 4. The Morgan fingerprint density at radius 1 is 0.966 bits per heavy atom. The number of ether oxygens (including phenoxy) is 1. The summed E-state index contributed by atoms with van der Waals surface area (Å²) in [6.45, 7) is 0.257. The summed E-state index contributed by atoms with van der Waals surface area (Å²) in [4.78, 5) is 51.7. The van der Waals surface area contributed by atoms with Crippen molar-refractivity contribution in [1.82, 2.24) is 14.9 Å². The Labute approximate surface area is 170 Å². The number of carbonyl (C=O) groups is 4. The van der Waals surface area contributed by atoms with Crippen molar-refractivity contribution in [2.75, 3.05) is 13.2 Å². The van der Waals surface area contributed by atoms with Crippen molar-refractivity contribution in [2.24, 2.45) is 0 Å². The topological polar surface area (TPSA) is 87.0 Å². The molecule has 3 aliphatic rings. The van der Waals surface area contributed by atoms with Gasteiger partial charge in [-0.25, -0.2) is 14.7 Å². The van der Waals surface area contributed by atoms with Gasteiger partial charge in [-0.05, 0) is 29.8 Å². The minimum Gasteiger partial charge on any atom is -0.447 e. The van der Waals surface area contributed by atoms with Crippen LogP contribution in [-0.4, -0.2) is 57.9 Å². The van der Waals surface area contributed by atoms with E-state index in [1.165, 1.54) is 5.01 Å². The van der Waals surface area contributed by atoms with Crippen LogP contribution in [0.4, 0.5) is 4.79 Å². The first-order valence-electron chi connectivity index (χ1n) is 8.98. The van der Waals surface area contributed by atoms with Gasteiger partial charge in [0.15, 0.2) is 0 Å². The molecular weight excluding hydrogens is 398 g/mol. The number of imide groups is 2. The van der Waals surface area contributed by atoms with Crippen LogP contribution in [0.15, 0.2) is 48.5 Å². The summed E-state index contributed by atoms with van der Waals surface area (Å²) in [5.74, 6) is -1.50. The van der Waals surface area contributed by atoms with Crippen molar-refractivity contribution in [3.8, 4) is 0 Å². The zero-order chi connectivity index (χ0) is 20.3. The van der Waals surface area contributed by atoms with Crippen LogP contribution >= 0.6 is 11.6 Å². The second kappa shape index (κ2) is 6.40. The number of fused-ring (bicyclic) bond motifs is 1. The molecule has 0 radical (unpaired) electrons. The van der Waals surface area contributed by atoms with Crippen molar-refractivity contribution in [1.29, 1.82) is 0 Å². The molecule has 0 N–H and O–H groups in total. The maximum absolute atomic E-state index is 13.0. The van der Waals surface area contributed by atoms with Gasteiger partial charge in [0.05, 0.1) is 23.7 Å². The number of hydrazine groups is 1. The summed E-state index contributed by atoms with van der Waals surface area (Å²) >= 11 is 5.96. The predicted molar refractivity (Wildman–Crippen MR) is 99.8 cm³/mol. The van der Waals surface area contributed by atoms with Crippen molar-refractivity contribution in [3.05, 3.63) is 70.2 Å². The summed E-state index contributed by atoms with van der Waals surface area (Å²) in [6, 6.07) is 11.9. The minimum atomic E-state index is -0.871. The number of halogens is 1. The molecule has 29 heavy (non-hydrogen) atoms. The van der Waals surface area contributed by atoms with Gasteiger partial charge in [0.2, 0.25) is 0 Å². The van der Waals surface area contributed by atoms with Gasteiger partial charge in [-0.3, -0.25) is 14.4 Å². The third-order valence-corrected chi connectivity index (χ3v) is 5.53. The van der Waals surface area contributed by atoms with Crippen LogP contribution in [0.5, 0.6) is 0 Å². The molecule has 3 heterocycles. The van der Waals surface area contributed by atoms with E-state index in [9.17, 15) is 19.2 Å². The van der Waals surface area contributed by atoms with Gasteiger partial charge in [-0.1, -0.05) is 35.9 Å². The van der Waals surface area contributed by atoms with Crippen molar-refractivity contribution in [2.45, 2.75) is 12.1 Å². The lowest BCUT2D eigenvalue weighted by Gasteiger charge is -2.17. The highest BCUT2D eigenvalue weighted by molar-refractivity contribution is 6.30. The highest BCUT2D eigenvalue weighted by atomic mass is 35.5. The van der Waals surface area contributed by atoms with Gasteiger partial charge in [0, 0.05) is 5.02 Å². The number of rotatable bonds is 3. The van der Waals surface area contributed by atoms with Crippen LogP contribution in [0.3, 0.4) is 0 Å². The third kappa shape index (κ3) is 2.64. The summed E-state index contributed by atoms with van der Waals surface area (Å²) in [6.07, 6.45) is -0.723. The Morgan fingerprint density at radius 2 is 1.59 bits per heavy atom. The highest BCUT2D eigenvalue weighted by Gasteiger charge is 2.62. The van der Waals surface area contributed by atoms with Gasteiger partial charge in [-0.15, -0.1) is 0 Å². The van der Waals surface area contributed by atoms with Gasteiger partial charge >= 0.3 is 6.09 Å². The predicted octanol–water partition coefficient (Wildman–Crippen LogP) is 2.26. The van der Waals surface area contributed by atoms with Crippen molar-refractivity contribution < 1.29 is 23.9 Å². The molecule has 9 heteroatoms. The van der Waals surface area contributed by atoms with Gasteiger partial charge < -0.3 is 4.74 Å². The Kier molecular flexibility index (Phi) is 3.94. The Morgan fingerprint density at radius 3 is 2.14 bits per heavy atom. The van der Waals surface area contributed by atoms with Crippen LogP contribution in [0, 0.1) is 0 Å². The number of benzene rings is 2. The normalized spacial score (nSPS) is 25.3. The Balaban J connectivity index is 1.52. The molecule has 2 aromatic carbocycles. The molecule has 1 unspecified atom stereocenters. The van der Waals surface area contributed by atoms with Crippen molar-refractivity contribution in [3.63, 3.8) is 0 Å². The molecule has 3 aliphatic heterocycles. The second-order valence-electron chi connectivity index (χ2n) is 6.89. The molecule has 146 valence electrons. The molecule has 4 amide bonds. The maximum Gasteiger partial charge on any atom is 0.416 e. The third-order valence-electron chi connectivity index (χ3n) is 5.27.